The normalized spacial score (nSPS) is 20.6. The van der Waals surface area contributed by atoms with Gasteiger partial charge in [-0.15, -0.1) is 0 Å². The van der Waals surface area contributed by atoms with E-state index in [1.54, 1.807) is 0 Å². The number of aromatic carboxylic acids is 1. The molecular formula is C12H17NO3. The molecule has 0 amide bonds. The van der Waals surface area contributed by atoms with Crippen molar-refractivity contribution in [3.05, 3.63) is 17.0 Å². The summed E-state index contributed by atoms with van der Waals surface area (Å²) in [7, 11) is 0. The summed E-state index contributed by atoms with van der Waals surface area (Å²) in [5, 5.41) is 12.6. The molecule has 0 radical (unpaired) electrons. The van der Waals surface area contributed by atoms with Crippen LogP contribution in [0.15, 0.2) is 4.52 Å². The molecule has 0 saturated heterocycles. The van der Waals surface area contributed by atoms with Crippen LogP contribution in [0.2, 0.25) is 0 Å². The van der Waals surface area contributed by atoms with E-state index in [0.717, 1.165) is 30.6 Å². The fourth-order valence-corrected chi connectivity index (χ4v) is 2.31. The average molecular weight is 223 g/mol. The van der Waals surface area contributed by atoms with Crippen LogP contribution in [0.3, 0.4) is 0 Å². The largest absolute Gasteiger partial charge is 0.476 e. The molecule has 1 N–H and O–H groups in total. The highest BCUT2D eigenvalue weighted by Crippen LogP contribution is 2.38. The summed E-state index contributed by atoms with van der Waals surface area (Å²) < 4.78 is 5.08. The molecule has 1 aliphatic carbocycles. The Morgan fingerprint density at radius 1 is 1.50 bits per heavy atom. The Labute approximate surface area is 94.6 Å². The summed E-state index contributed by atoms with van der Waals surface area (Å²) in [5.41, 5.74) is 1.10. The van der Waals surface area contributed by atoms with Crippen molar-refractivity contribution < 1.29 is 14.4 Å². The minimum absolute atomic E-state index is 0.101. The highest BCUT2D eigenvalue weighted by molar-refractivity contribution is 5.87. The fourth-order valence-electron chi connectivity index (χ4n) is 2.31. The first-order valence-electron chi connectivity index (χ1n) is 5.60. The lowest BCUT2D eigenvalue weighted by Crippen LogP contribution is -2.27. The number of hydrogen-bond acceptors (Lipinski definition) is 3. The van der Waals surface area contributed by atoms with Gasteiger partial charge in [-0.25, -0.2) is 4.79 Å². The maximum atomic E-state index is 11.0. The fraction of sp³-hybridized carbons (Fsp3) is 0.667. The summed E-state index contributed by atoms with van der Waals surface area (Å²) in [6.45, 7) is 6.57. The highest BCUT2D eigenvalue weighted by Gasteiger charge is 2.33. The van der Waals surface area contributed by atoms with Crippen LogP contribution < -0.4 is 0 Å². The Hall–Kier alpha value is -1.32. The number of carboxylic acid groups (broad SMARTS) is 1. The molecule has 0 saturated carbocycles. The van der Waals surface area contributed by atoms with E-state index in [-0.39, 0.29) is 11.1 Å². The lowest BCUT2D eigenvalue weighted by atomic mass is 9.72. The molecule has 16 heavy (non-hydrogen) atoms. The van der Waals surface area contributed by atoms with Crippen molar-refractivity contribution in [1.29, 1.82) is 0 Å². The monoisotopic (exact) mass is 223 g/mol. The molecular weight excluding hydrogens is 206 g/mol. The van der Waals surface area contributed by atoms with E-state index in [9.17, 15) is 4.79 Å². The number of rotatable bonds is 1. The third-order valence-electron chi connectivity index (χ3n) is 3.47. The first-order valence-corrected chi connectivity index (χ1v) is 5.60. The molecule has 1 aliphatic rings. The maximum absolute atomic E-state index is 11.0. The number of carboxylic acids is 1. The van der Waals surface area contributed by atoms with E-state index < -0.39 is 5.97 Å². The van der Waals surface area contributed by atoms with Gasteiger partial charge in [-0.2, -0.15) is 0 Å². The molecule has 0 bridgehead atoms. The molecule has 0 aromatic carbocycles. The van der Waals surface area contributed by atoms with Crippen LogP contribution in [-0.2, 0) is 12.8 Å². The Morgan fingerprint density at radius 2 is 2.19 bits per heavy atom. The Balaban J connectivity index is 2.31. The van der Waals surface area contributed by atoms with Crippen LogP contribution in [0.5, 0.6) is 0 Å². The van der Waals surface area contributed by atoms with E-state index >= 15 is 0 Å². The van der Waals surface area contributed by atoms with Gasteiger partial charge >= 0.3 is 5.97 Å². The zero-order valence-corrected chi connectivity index (χ0v) is 9.91. The number of fused-ring (bicyclic) bond motifs is 1. The summed E-state index contributed by atoms with van der Waals surface area (Å²) >= 11 is 0. The van der Waals surface area contributed by atoms with Crippen molar-refractivity contribution in [2.24, 2.45) is 11.3 Å². The number of aryl methyl sites for hydroxylation is 1. The number of carbonyl (C=O) groups is 1. The minimum Gasteiger partial charge on any atom is -0.476 e. The Morgan fingerprint density at radius 3 is 2.75 bits per heavy atom. The summed E-state index contributed by atoms with van der Waals surface area (Å²) in [6, 6.07) is 0. The second kappa shape index (κ2) is 3.61. The van der Waals surface area contributed by atoms with Crippen LogP contribution in [0.4, 0.5) is 0 Å². The molecule has 1 aromatic heterocycles. The highest BCUT2D eigenvalue weighted by atomic mass is 16.5. The summed E-state index contributed by atoms with van der Waals surface area (Å²) in [6.07, 6.45) is 2.62. The molecule has 1 aromatic rings. The topological polar surface area (TPSA) is 63.3 Å². The first kappa shape index (κ1) is 11.2. The quantitative estimate of drug-likeness (QED) is 0.794. The number of aromatic nitrogens is 1. The van der Waals surface area contributed by atoms with E-state index in [4.69, 9.17) is 9.63 Å². The van der Waals surface area contributed by atoms with Crippen molar-refractivity contribution in [2.45, 2.75) is 40.0 Å². The average Bonchev–Trinajstić information content (AvgIpc) is 2.58. The maximum Gasteiger partial charge on any atom is 0.358 e. The van der Waals surface area contributed by atoms with Crippen molar-refractivity contribution in [3.63, 3.8) is 0 Å². The Kier molecular flexibility index (Phi) is 2.52. The van der Waals surface area contributed by atoms with Crippen LogP contribution in [0.1, 0.15) is 49.0 Å². The van der Waals surface area contributed by atoms with Gasteiger partial charge in [-0.1, -0.05) is 25.9 Å². The van der Waals surface area contributed by atoms with Crippen molar-refractivity contribution >= 4 is 5.97 Å². The predicted octanol–water partition coefficient (Wildman–Crippen LogP) is 2.52. The van der Waals surface area contributed by atoms with Gasteiger partial charge in [-0.05, 0) is 24.2 Å². The standard InChI is InChI=1S/C12H17NO3/c1-12(2,3)7-4-5-9-8(6-7)10(11(14)15)13-16-9/h7H,4-6H2,1-3H3,(H,14,15)/t7-/m0/s1. The summed E-state index contributed by atoms with van der Waals surface area (Å²) in [4.78, 5) is 11.0. The van der Waals surface area contributed by atoms with Crippen LogP contribution >= 0.6 is 0 Å². The van der Waals surface area contributed by atoms with Gasteiger partial charge in [-0.3, -0.25) is 0 Å². The van der Waals surface area contributed by atoms with Gasteiger partial charge < -0.3 is 9.63 Å². The zero-order chi connectivity index (χ0) is 11.9. The second-order valence-electron chi connectivity index (χ2n) is 5.54. The third kappa shape index (κ3) is 1.84. The van der Waals surface area contributed by atoms with Gasteiger partial charge in [0.1, 0.15) is 5.76 Å². The number of nitrogens with zero attached hydrogens (tertiary/aromatic N) is 1. The molecule has 2 rings (SSSR count). The van der Waals surface area contributed by atoms with E-state index in [2.05, 4.69) is 25.9 Å². The van der Waals surface area contributed by atoms with E-state index in [1.165, 1.54) is 0 Å². The molecule has 88 valence electrons. The molecule has 0 spiro atoms. The van der Waals surface area contributed by atoms with E-state index in [0.29, 0.717) is 5.92 Å². The second-order valence-corrected chi connectivity index (χ2v) is 5.54. The van der Waals surface area contributed by atoms with Gasteiger partial charge in [0.2, 0.25) is 0 Å². The van der Waals surface area contributed by atoms with E-state index in [1.807, 2.05) is 0 Å². The van der Waals surface area contributed by atoms with Gasteiger partial charge in [0.25, 0.3) is 0 Å². The summed E-state index contributed by atoms with van der Waals surface area (Å²) in [5.74, 6) is 0.273. The lowest BCUT2D eigenvalue weighted by Gasteiger charge is -2.33. The molecule has 0 aliphatic heterocycles. The molecule has 0 fully saturated rings. The van der Waals surface area contributed by atoms with Gasteiger partial charge in [0, 0.05) is 12.0 Å². The molecule has 1 atom stereocenters. The van der Waals surface area contributed by atoms with Crippen LogP contribution in [-0.4, -0.2) is 16.2 Å². The SMILES string of the molecule is CC(C)(C)[C@H]1CCc2onc(C(=O)O)c2C1. The molecule has 0 unspecified atom stereocenters. The van der Waals surface area contributed by atoms with Crippen molar-refractivity contribution in [2.75, 3.05) is 0 Å². The van der Waals surface area contributed by atoms with Crippen molar-refractivity contribution in [1.82, 2.24) is 5.16 Å². The predicted molar refractivity (Wildman–Crippen MR) is 58.4 cm³/mol. The molecule has 4 nitrogen and oxygen atoms in total. The van der Waals surface area contributed by atoms with Gasteiger partial charge in [0.15, 0.2) is 5.69 Å². The van der Waals surface area contributed by atoms with Gasteiger partial charge in [0.05, 0.1) is 0 Å². The minimum atomic E-state index is -0.987. The lowest BCUT2D eigenvalue weighted by molar-refractivity contribution is 0.0684. The molecule has 1 heterocycles. The first-order chi connectivity index (χ1) is 7.39. The molecule has 4 heteroatoms. The van der Waals surface area contributed by atoms with Crippen LogP contribution in [0, 0.1) is 11.3 Å². The van der Waals surface area contributed by atoms with Crippen LogP contribution in [0.25, 0.3) is 0 Å². The third-order valence-corrected chi connectivity index (χ3v) is 3.47. The smallest absolute Gasteiger partial charge is 0.358 e. The number of hydrogen-bond donors (Lipinski definition) is 1. The Bertz CT molecular complexity index is 414. The zero-order valence-electron chi connectivity index (χ0n) is 9.91. The van der Waals surface area contributed by atoms with Crippen molar-refractivity contribution in [3.8, 4) is 0 Å².